The Hall–Kier alpha value is -0.300. The van der Waals surface area contributed by atoms with Gasteiger partial charge in [0.25, 0.3) is 0 Å². The largest absolute Gasteiger partial charge is 0.378 e. The zero-order chi connectivity index (χ0) is 15.1. The SMILES string of the molecule is CCNCP(O)CCC(=O)NCCOCCOCCN. The molecular formula is C12H28N3O4P. The van der Waals surface area contributed by atoms with Crippen molar-refractivity contribution in [2.24, 2.45) is 5.73 Å². The molecule has 0 radical (unpaired) electrons. The Morgan fingerprint density at radius 3 is 2.60 bits per heavy atom. The van der Waals surface area contributed by atoms with Gasteiger partial charge in [-0.15, -0.1) is 0 Å². The molecule has 0 rings (SSSR count). The highest BCUT2D eigenvalue weighted by Crippen LogP contribution is 2.28. The summed E-state index contributed by atoms with van der Waals surface area (Å²) in [4.78, 5) is 21.1. The number of nitrogens with two attached hydrogens (primary N) is 1. The van der Waals surface area contributed by atoms with Crippen molar-refractivity contribution in [3.8, 4) is 0 Å². The summed E-state index contributed by atoms with van der Waals surface area (Å²) in [7, 11) is -1.08. The van der Waals surface area contributed by atoms with Gasteiger partial charge in [-0.05, 0) is 6.54 Å². The van der Waals surface area contributed by atoms with E-state index in [4.69, 9.17) is 15.2 Å². The molecule has 5 N–H and O–H groups in total. The minimum atomic E-state index is -1.08. The second kappa shape index (κ2) is 15.1. The Bertz CT molecular complexity index is 235. The minimum absolute atomic E-state index is 0.0500. The molecule has 0 aromatic carbocycles. The van der Waals surface area contributed by atoms with Crippen molar-refractivity contribution in [1.82, 2.24) is 10.6 Å². The molecule has 1 atom stereocenters. The highest BCUT2D eigenvalue weighted by Gasteiger charge is 2.07. The van der Waals surface area contributed by atoms with E-state index in [0.717, 1.165) is 6.54 Å². The maximum Gasteiger partial charge on any atom is 0.220 e. The fourth-order valence-corrected chi connectivity index (χ4v) is 2.41. The Labute approximate surface area is 122 Å². The minimum Gasteiger partial charge on any atom is -0.378 e. The van der Waals surface area contributed by atoms with E-state index in [1.54, 1.807) is 0 Å². The summed E-state index contributed by atoms with van der Waals surface area (Å²) in [5.74, 6) is -0.0500. The topological polar surface area (TPSA) is 106 Å². The normalized spacial score (nSPS) is 12.3. The molecule has 0 aromatic rings. The van der Waals surface area contributed by atoms with E-state index in [0.29, 0.717) is 58.4 Å². The quantitative estimate of drug-likeness (QED) is 0.253. The zero-order valence-corrected chi connectivity index (χ0v) is 13.2. The van der Waals surface area contributed by atoms with Crippen LogP contribution in [0, 0.1) is 0 Å². The first-order valence-electron chi connectivity index (χ1n) is 6.97. The Balaban J connectivity index is 3.28. The third-order valence-electron chi connectivity index (χ3n) is 2.34. The van der Waals surface area contributed by atoms with Gasteiger partial charge in [0, 0.05) is 40.1 Å². The monoisotopic (exact) mass is 309 g/mol. The predicted octanol–water partition coefficient (Wildman–Crippen LogP) is -0.559. The molecule has 0 saturated carbocycles. The summed E-state index contributed by atoms with van der Waals surface area (Å²) in [6, 6.07) is 0. The Kier molecular flexibility index (Phi) is 14.9. The van der Waals surface area contributed by atoms with E-state index >= 15 is 0 Å². The van der Waals surface area contributed by atoms with E-state index in [1.165, 1.54) is 0 Å². The van der Waals surface area contributed by atoms with Crippen LogP contribution >= 0.6 is 8.15 Å². The molecule has 1 amide bonds. The third-order valence-corrected chi connectivity index (χ3v) is 3.67. The van der Waals surface area contributed by atoms with Crippen LogP contribution in [0.3, 0.4) is 0 Å². The van der Waals surface area contributed by atoms with Crippen LogP contribution in [0.5, 0.6) is 0 Å². The lowest BCUT2D eigenvalue weighted by atomic mass is 10.4. The molecule has 0 fully saturated rings. The summed E-state index contributed by atoms with van der Waals surface area (Å²) < 4.78 is 10.4. The molecule has 0 aliphatic heterocycles. The average molecular weight is 309 g/mol. The Morgan fingerprint density at radius 1 is 1.25 bits per heavy atom. The third kappa shape index (κ3) is 14.1. The lowest BCUT2D eigenvalue weighted by Crippen LogP contribution is -2.28. The highest BCUT2D eigenvalue weighted by atomic mass is 31.1. The molecule has 0 bridgehead atoms. The van der Waals surface area contributed by atoms with Gasteiger partial charge in [0.15, 0.2) is 0 Å². The summed E-state index contributed by atoms with van der Waals surface area (Å²) in [5, 5.41) is 5.81. The van der Waals surface area contributed by atoms with Crippen LogP contribution in [-0.2, 0) is 14.3 Å². The molecular weight excluding hydrogens is 281 g/mol. The molecule has 1 unspecified atom stereocenters. The van der Waals surface area contributed by atoms with Gasteiger partial charge in [0.2, 0.25) is 5.91 Å². The van der Waals surface area contributed by atoms with Gasteiger partial charge in [-0.3, -0.25) is 4.79 Å². The number of hydrogen-bond donors (Lipinski definition) is 4. The highest BCUT2D eigenvalue weighted by molar-refractivity contribution is 7.51. The van der Waals surface area contributed by atoms with Gasteiger partial charge in [0.05, 0.1) is 26.4 Å². The van der Waals surface area contributed by atoms with Crippen molar-refractivity contribution in [3.05, 3.63) is 0 Å². The van der Waals surface area contributed by atoms with E-state index in [2.05, 4.69) is 10.6 Å². The average Bonchev–Trinajstić information content (AvgIpc) is 2.45. The first kappa shape index (κ1) is 19.7. The van der Waals surface area contributed by atoms with Crippen molar-refractivity contribution in [2.75, 3.05) is 58.5 Å². The molecule has 8 heteroatoms. The van der Waals surface area contributed by atoms with Gasteiger partial charge < -0.3 is 30.7 Å². The van der Waals surface area contributed by atoms with Crippen LogP contribution in [0.4, 0.5) is 0 Å². The molecule has 0 spiro atoms. The second-order valence-electron chi connectivity index (χ2n) is 4.11. The summed E-state index contributed by atoms with van der Waals surface area (Å²) >= 11 is 0. The number of ether oxygens (including phenoxy) is 2. The zero-order valence-electron chi connectivity index (χ0n) is 12.3. The Morgan fingerprint density at radius 2 is 1.95 bits per heavy atom. The first-order valence-corrected chi connectivity index (χ1v) is 8.64. The first-order chi connectivity index (χ1) is 9.70. The lowest BCUT2D eigenvalue weighted by Gasteiger charge is -2.11. The van der Waals surface area contributed by atoms with Crippen molar-refractivity contribution >= 4 is 14.1 Å². The number of rotatable bonds is 14. The number of hydrogen-bond acceptors (Lipinski definition) is 6. The van der Waals surface area contributed by atoms with Gasteiger partial charge in [-0.2, -0.15) is 0 Å². The van der Waals surface area contributed by atoms with Gasteiger partial charge in [0.1, 0.15) is 0 Å². The van der Waals surface area contributed by atoms with Crippen molar-refractivity contribution < 1.29 is 19.2 Å². The van der Waals surface area contributed by atoms with E-state index in [9.17, 15) is 9.69 Å². The molecule has 0 aliphatic rings. The van der Waals surface area contributed by atoms with Crippen molar-refractivity contribution in [1.29, 1.82) is 0 Å². The van der Waals surface area contributed by atoms with E-state index in [-0.39, 0.29) is 5.91 Å². The smallest absolute Gasteiger partial charge is 0.220 e. The summed E-state index contributed by atoms with van der Waals surface area (Å²) in [5.41, 5.74) is 5.27. The number of carbonyl (C=O) groups is 1. The van der Waals surface area contributed by atoms with E-state index in [1.807, 2.05) is 6.92 Å². The fourth-order valence-electron chi connectivity index (χ4n) is 1.31. The number of nitrogens with one attached hydrogen (secondary N) is 2. The van der Waals surface area contributed by atoms with Gasteiger partial charge >= 0.3 is 0 Å². The fraction of sp³-hybridized carbons (Fsp3) is 0.917. The summed E-state index contributed by atoms with van der Waals surface area (Å²) in [6.45, 7) is 5.82. The van der Waals surface area contributed by atoms with Crippen molar-refractivity contribution in [3.63, 3.8) is 0 Å². The van der Waals surface area contributed by atoms with E-state index < -0.39 is 8.15 Å². The number of carbonyl (C=O) groups excluding carboxylic acids is 1. The predicted molar refractivity (Wildman–Crippen MR) is 80.9 cm³/mol. The molecule has 20 heavy (non-hydrogen) atoms. The maximum absolute atomic E-state index is 11.5. The summed E-state index contributed by atoms with van der Waals surface area (Å²) in [6.07, 6.45) is 1.47. The van der Waals surface area contributed by atoms with Crippen LogP contribution in [0.25, 0.3) is 0 Å². The molecule has 0 aliphatic carbocycles. The second-order valence-corrected chi connectivity index (χ2v) is 5.88. The van der Waals surface area contributed by atoms with Crippen LogP contribution in [0.2, 0.25) is 0 Å². The lowest BCUT2D eigenvalue weighted by molar-refractivity contribution is -0.120. The standard InChI is InChI=1S/C12H28N3O4P/c1-2-14-11-20(17)10-3-12(16)15-5-7-19-9-8-18-6-4-13/h14,17H,2-11,13H2,1H3,(H,15,16). The molecule has 0 aromatic heterocycles. The maximum atomic E-state index is 11.5. The molecule has 7 nitrogen and oxygen atoms in total. The van der Waals surface area contributed by atoms with Gasteiger partial charge in [-0.25, -0.2) is 0 Å². The van der Waals surface area contributed by atoms with Crippen LogP contribution in [-0.4, -0.2) is 69.3 Å². The van der Waals surface area contributed by atoms with Crippen LogP contribution in [0.1, 0.15) is 13.3 Å². The molecule has 0 heterocycles. The molecule has 120 valence electrons. The number of amides is 1. The van der Waals surface area contributed by atoms with Gasteiger partial charge in [-0.1, -0.05) is 6.92 Å². The molecule has 0 saturated heterocycles. The van der Waals surface area contributed by atoms with Crippen molar-refractivity contribution in [2.45, 2.75) is 13.3 Å². The van der Waals surface area contributed by atoms with Crippen LogP contribution < -0.4 is 16.4 Å². The van der Waals surface area contributed by atoms with Crippen LogP contribution in [0.15, 0.2) is 0 Å².